The molecule has 0 atom stereocenters. The third kappa shape index (κ3) is 2.78. The molecule has 0 unspecified atom stereocenters. The molecular weight excluding hydrogens is 218 g/mol. The highest BCUT2D eigenvalue weighted by Crippen LogP contribution is 2.51. The Kier molecular flexibility index (Phi) is 3.52. The van der Waals surface area contributed by atoms with Gasteiger partial charge in [-0.25, -0.2) is 0 Å². The first kappa shape index (κ1) is 11.5. The predicted molar refractivity (Wildman–Crippen MR) is 65.0 cm³/mol. The summed E-state index contributed by atoms with van der Waals surface area (Å²) in [6.45, 7) is 0.101. The number of nitrogens with zero attached hydrogens (tertiary/aromatic N) is 1. The summed E-state index contributed by atoms with van der Waals surface area (Å²) in [5, 5.41) is 17.6. The van der Waals surface area contributed by atoms with E-state index in [-0.39, 0.29) is 6.61 Å². The molecule has 1 N–H and O–H groups in total. The molecule has 3 heteroatoms. The standard InChI is InChI=1S/C13H15NOS/c14-8-7-13(5-6-13)10-16-12-3-1-11(9-15)2-4-12/h1-4,15H,5-7,9-10H2. The quantitative estimate of drug-likeness (QED) is 0.795. The molecule has 2 rings (SSSR count). The Hall–Kier alpha value is -0.980. The molecule has 1 aromatic carbocycles. The maximum Gasteiger partial charge on any atom is 0.0681 e. The fraction of sp³-hybridized carbons (Fsp3) is 0.462. The number of aliphatic hydroxyl groups is 1. The lowest BCUT2D eigenvalue weighted by Crippen LogP contribution is -2.02. The molecule has 0 bridgehead atoms. The molecule has 2 nitrogen and oxygen atoms in total. The van der Waals surface area contributed by atoms with E-state index in [1.165, 1.54) is 17.7 Å². The van der Waals surface area contributed by atoms with E-state index >= 15 is 0 Å². The van der Waals surface area contributed by atoms with Crippen LogP contribution in [0.15, 0.2) is 29.2 Å². The van der Waals surface area contributed by atoms with Gasteiger partial charge in [-0.1, -0.05) is 12.1 Å². The number of benzene rings is 1. The summed E-state index contributed by atoms with van der Waals surface area (Å²) in [6, 6.07) is 10.3. The van der Waals surface area contributed by atoms with Gasteiger partial charge in [0.2, 0.25) is 0 Å². The van der Waals surface area contributed by atoms with Crippen LogP contribution in [0.2, 0.25) is 0 Å². The first-order valence-electron chi connectivity index (χ1n) is 5.48. The van der Waals surface area contributed by atoms with Crippen molar-refractivity contribution in [2.45, 2.75) is 30.8 Å². The molecule has 1 aliphatic rings. The fourth-order valence-corrected chi connectivity index (χ4v) is 2.84. The Bertz CT molecular complexity index is 389. The molecule has 0 heterocycles. The lowest BCUT2D eigenvalue weighted by Gasteiger charge is -2.10. The minimum atomic E-state index is 0.101. The van der Waals surface area contributed by atoms with Crippen LogP contribution in [0.5, 0.6) is 0 Å². The van der Waals surface area contributed by atoms with Crippen molar-refractivity contribution in [3.05, 3.63) is 29.8 Å². The van der Waals surface area contributed by atoms with Crippen LogP contribution in [0.1, 0.15) is 24.8 Å². The largest absolute Gasteiger partial charge is 0.392 e. The van der Waals surface area contributed by atoms with Gasteiger partial charge in [-0.05, 0) is 36.0 Å². The Balaban J connectivity index is 1.88. The van der Waals surface area contributed by atoms with Crippen LogP contribution in [0.4, 0.5) is 0 Å². The van der Waals surface area contributed by atoms with Gasteiger partial charge in [0.15, 0.2) is 0 Å². The van der Waals surface area contributed by atoms with E-state index < -0.39 is 0 Å². The van der Waals surface area contributed by atoms with E-state index in [2.05, 4.69) is 6.07 Å². The van der Waals surface area contributed by atoms with Gasteiger partial charge in [0.05, 0.1) is 12.7 Å². The summed E-state index contributed by atoms with van der Waals surface area (Å²) in [4.78, 5) is 1.22. The van der Waals surface area contributed by atoms with E-state index in [1.807, 2.05) is 36.0 Å². The van der Waals surface area contributed by atoms with Crippen LogP contribution >= 0.6 is 11.8 Å². The zero-order chi connectivity index (χ0) is 11.4. The number of aliphatic hydroxyl groups excluding tert-OH is 1. The molecule has 1 fully saturated rings. The maximum atomic E-state index is 8.92. The summed E-state index contributed by atoms with van der Waals surface area (Å²) in [5.41, 5.74) is 1.25. The second-order valence-electron chi connectivity index (χ2n) is 4.43. The van der Waals surface area contributed by atoms with Gasteiger partial charge >= 0.3 is 0 Å². The number of hydrogen-bond acceptors (Lipinski definition) is 3. The molecular formula is C13H15NOS. The fourth-order valence-electron chi connectivity index (χ4n) is 1.64. The van der Waals surface area contributed by atoms with E-state index in [9.17, 15) is 0 Å². The lowest BCUT2D eigenvalue weighted by atomic mass is 10.1. The van der Waals surface area contributed by atoms with Gasteiger partial charge in [0.25, 0.3) is 0 Å². The highest BCUT2D eigenvalue weighted by Gasteiger charge is 2.42. The molecule has 84 valence electrons. The second-order valence-corrected chi connectivity index (χ2v) is 5.47. The van der Waals surface area contributed by atoms with Crippen molar-refractivity contribution in [1.29, 1.82) is 5.26 Å². The average Bonchev–Trinajstić information content (AvgIpc) is 3.08. The zero-order valence-electron chi connectivity index (χ0n) is 9.15. The van der Waals surface area contributed by atoms with E-state index in [1.54, 1.807) is 0 Å². The smallest absolute Gasteiger partial charge is 0.0681 e. The van der Waals surface area contributed by atoms with Gasteiger partial charge < -0.3 is 5.11 Å². The normalized spacial score (nSPS) is 16.8. The average molecular weight is 233 g/mol. The lowest BCUT2D eigenvalue weighted by molar-refractivity contribution is 0.282. The van der Waals surface area contributed by atoms with Crippen molar-refractivity contribution in [2.24, 2.45) is 5.41 Å². The predicted octanol–water partition coefficient (Wildman–Crippen LogP) is 2.96. The molecule has 0 spiro atoms. The Labute approximate surface area is 100 Å². The Morgan fingerprint density at radius 1 is 1.31 bits per heavy atom. The van der Waals surface area contributed by atoms with Gasteiger partial charge in [-0.15, -0.1) is 11.8 Å². The monoisotopic (exact) mass is 233 g/mol. The van der Waals surface area contributed by atoms with Crippen molar-refractivity contribution in [1.82, 2.24) is 0 Å². The minimum absolute atomic E-state index is 0.101. The molecule has 1 aromatic rings. The highest BCUT2D eigenvalue weighted by atomic mass is 32.2. The summed E-state index contributed by atoms with van der Waals surface area (Å²) < 4.78 is 0. The minimum Gasteiger partial charge on any atom is -0.392 e. The molecule has 0 aliphatic heterocycles. The third-order valence-corrected chi connectivity index (χ3v) is 4.42. The number of rotatable bonds is 5. The van der Waals surface area contributed by atoms with Crippen LogP contribution in [0, 0.1) is 16.7 Å². The van der Waals surface area contributed by atoms with Gasteiger partial charge in [0, 0.05) is 17.1 Å². The van der Waals surface area contributed by atoms with Gasteiger partial charge in [-0.3, -0.25) is 0 Å². The van der Waals surface area contributed by atoms with Crippen molar-refractivity contribution >= 4 is 11.8 Å². The van der Waals surface area contributed by atoms with Crippen molar-refractivity contribution in [3.8, 4) is 6.07 Å². The molecule has 0 amide bonds. The van der Waals surface area contributed by atoms with E-state index in [0.29, 0.717) is 11.8 Å². The van der Waals surface area contributed by atoms with Crippen LogP contribution in [0.25, 0.3) is 0 Å². The molecule has 1 saturated carbocycles. The van der Waals surface area contributed by atoms with Gasteiger partial charge in [0.1, 0.15) is 0 Å². The maximum absolute atomic E-state index is 8.92. The first-order chi connectivity index (χ1) is 7.78. The Morgan fingerprint density at radius 3 is 2.50 bits per heavy atom. The zero-order valence-corrected chi connectivity index (χ0v) is 9.96. The topological polar surface area (TPSA) is 44.0 Å². The summed E-state index contributed by atoms with van der Waals surface area (Å²) >= 11 is 1.82. The van der Waals surface area contributed by atoms with Crippen LogP contribution < -0.4 is 0 Å². The number of nitriles is 1. The summed E-state index contributed by atoms with van der Waals surface area (Å²) in [7, 11) is 0. The van der Waals surface area contributed by atoms with E-state index in [0.717, 1.165) is 11.3 Å². The second kappa shape index (κ2) is 4.90. The summed E-state index contributed by atoms with van der Waals surface area (Å²) in [6.07, 6.45) is 3.08. The third-order valence-electron chi connectivity index (χ3n) is 3.06. The molecule has 0 saturated heterocycles. The SMILES string of the molecule is N#CCC1(CSc2ccc(CO)cc2)CC1. The summed E-state index contributed by atoms with van der Waals surface area (Å²) in [5.74, 6) is 1.04. The Morgan fingerprint density at radius 2 is 2.00 bits per heavy atom. The van der Waals surface area contributed by atoms with E-state index in [4.69, 9.17) is 10.4 Å². The number of thioether (sulfide) groups is 1. The van der Waals surface area contributed by atoms with Crippen LogP contribution in [-0.2, 0) is 6.61 Å². The molecule has 0 aromatic heterocycles. The molecule has 1 aliphatic carbocycles. The molecule has 16 heavy (non-hydrogen) atoms. The van der Waals surface area contributed by atoms with Crippen LogP contribution in [0.3, 0.4) is 0 Å². The van der Waals surface area contributed by atoms with Crippen molar-refractivity contribution < 1.29 is 5.11 Å². The van der Waals surface area contributed by atoms with Crippen molar-refractivity contribution in [2.75, 3.05) is 5.75 Å². The van der Waals surface area contributed by atoms with Gasteiger partial charge in [-0.2, -0.15) is 5.26 Å². The highest BCUT2D eigenvalue weighted by molar-refractivity contribution is 7.99. The van der Waals surface area contributed by atoms with Crippen molar-refractivity contribution in [3.63, 3.8) is 0 Å². The van der Waals surface area contributed by atoms with Crippen LogP contribution in [-0.4, -0.2) is 10.9 Å². The first-order valence-corrected chi connectivity index (χ1v) is 6.46. The molecule has 0 radical (unpaired) electrons. The number of hydrogen-bond donors (Lipinski definition) is 1.